The zero-order valence-corrected chi connectivity index (χ0v) is 15.0. The summed E-state index contributed by atoms with van der Waals surface area (Å²) in [4.78, 5) is 31.9. The number of nitrogens with zero attached hydrogens (tertiary/aromatic N) is 3. The van der Waals surface area contributed by atoms with Crippen LogP contribution in [0.1, 0.15) is 17.3 Å². The average Bonchev–Trinajstić information content (AvgIpc) is 2.69. The molecule has 1 aromatic heterocycles. The summed E-state index contributed by atoms with van der Waals surface area (Å²) >= 11 is 0. The lowest BCUT2D eigenvalue weighted by Crippen LogP contribution is -2.49. The number of carbonyl (C=O) groups excluding carboxylic acids is 2. The van der Waals surface area contributed by atoms with E-state index in [4.69, 9.17) is 4.74 Å². The molecule has 0 spiro atoms. The van der Waals surface area contributed by atoms with E-state index in [1.807, 2.05) is 6.07 Å². The third-order valence-corrected chi connectivity index (χ3v) is 4.28. The molecule has 8 heteroatoms. The first-order chi connectivity index (χ1) is 13.1. The molecule has 0 unspecified atom stereocenters. The Morgan fingerprint density at radius 2 is 1.89 bits per heavy atom. The number of anilines is 2. The number of aromatic nitrogens is 1. The molecule has 1 fully saturated rings. The highest BCUT2D eigenvalue weighted by Gasteiger charge is 2.22. The minimum absolute atomic E-state index is 0.0292. The third-order valence-electron chi connectivity index (χ3n) is 4.28. The molecule has 0 atom stereocenters. The van der Waals surface area contributed by atoms with Crippen molar-refractivity contribution in [3.05, 3.63) is 54.0 Å². The van der Waals surface area contributed by atoms with Crippen molar-refractivity contribution in [2.75, 3.05) is 43.0 Å². The summed E-state index contributed by atoms with van der Waals surface area (Å²) in [6.07, 6.45) is 1.36. The summed E-state index contributed by atoms with van der Waals surface area (Å²) in [6, 6.07) is 9.30. The number of carbonyl (C=O) groups is 2. The van der Waals surface area contributed by atoms with Gasteiger partial charge in [0.15, 0.2) is 0 Å². The van der Waals surface area contributed by atoms with Gasteiger partial charge in [0.1, 0.15) is 11.6 Å². The number of benzene rings is 1. The smallest absolute Gasteiger partial charge is 0.409 e. The zero-order valence-electron chi connectivity index (χ0n) is 15.0. The summed E-state index contributed by atoms with van der Waals surface area (Å²) in [5.41, 5.74) is 0.862. The predicted octanol–water partition coefficient (Wildman–Crippen LogP) is 2.75. The predicted molar refractivity (Wildman–Crippen MR) is 99.4 cm³/mol. The Morgan fingerprint density at radius 3 is 2.52 bits per heavy atom. The van der Waals surface area contributed by atoms with Crippen molar-refractivity contribution in [3.63, 3.8) is 0 Å². The van der Waals surface area contributed by atoms with Crippen LogP contribution < -0.4 is 10.2 Å². The van der Waals surface area contributed by atoms with E-state index >= 15 is 0 Å². The number of hydrogen-bond donors (Lipinski definition) is 1. The molecule has 2 aromatic rings. The van der Waals surface area contributed by atoms with Crippen molar-refractivity contribution in [2.24, 2.45) is 0 Å². The molecule has 27 heavy (non-hydrogen) atoms. The fourth-order valence-corrected chi connectivity index (χ4v) is 2.84. The topological polar surface area (TPSA) is 74.8 Å². The molecule has 1 aromatic carbocycles. The summed E-state index contributed by atoms with van der Waals surface area (Å²) < 4.78 is 18.7. The van der Waals surface area contributed by atoms with Crippen LogP contribution in [0, 0.1) is 5.82 Å². The van der Waals surface area contributed by atoms with Crippen LogP contribution in [0.5, 0.6) is 0 Å². The van der Waals surface area contributed by atoms with Crippen LogP contribution in [-0.4, -0.2) is 54.7 Å². The van der Waals surface area contributed by atoms with Crippen LogP contribution in [0.25, 0.3) is 0 Å². The normalized spacial score (nSPS) is 14.0. The summed E-state index contributed by atoms with van der Waals surface area (Å²) in [5, 5.41) is 2.59. The van der Waals surface area contributed by atoms with Gasteiger partial charge in [0.2, 0.25) is 0 Å². The van der Waals surface area contributed by atoms with Crippen molar-refractivity contribution >= 4 is 23.5 Å². The maximum Gasteiger partial charge on any atom is 0.409 e. The number of amides is 2. The number of piperazine rings is 1. The second-order valence-corrected chi connectivity index (χ2v) is 6.01. The van der Waals surface area contributed by atoms with Crippen molar-refractivity contribution in [2.45, 2.75) is 6.92 Å². The molecule has 2 amide bonds. The highest BCUT2D eigenvalue weighted by Crippen LogP contribution is 2.18. The van der Waals surface area contributed by atoms with Gasteiger partial charge in [0.05, 0.1) is 24.1 Å². The molecule has 142 valence electrons. The first-order valence-corrected chi connectivity index (χ1v) is 8.77. The molecule has 0 saturated carbocycles. The van der Waals surface area contributed by atoms with Gasteiger partial charge in [-0.15, -0.1) is 0 Å². The number of nitrogens with one attached hydrogen (secondary N) is 1. The van der Waals surface area contributed by atoms with E-state index in [0.717, 1.165) is 5.69 Å². The second kappa shape index (κ2) is 8.48. The van der Waals surface area contributed by atoms with Crippen molar-refractivity contribution in [1.29, 1.82) is 0 Å². The molecule has 0 bridgehead atoms. The molecular formula is C19H21FN4O3. The second-order valence-electron chi connectivity index (χ2n) is 6.01. The van der Waals surface area contributed by atoms with Gasteiger partial charge in [-0.05, 0) is 31.2 Å². The highest BCUT2D eigenvalue weighted by molar-refractivity contribution is 6.03. The maximum absolute atomic E-state index is 13.7. The van der Waals surface area contributed by atoms with Crippen molar-refractivity contribution in [1.82, 2.24) is 9.88 Å². The Hall–Kier alpha value is -3.16. The van der Waals surface area contributed by atoms with Crippen molar-refractivity contribution < 1.29 is 18.7 Å². The fourth-order valence-electron chi connectivity index (χ4n) is 2.84. The number of ether oxygens (including phenoxy) is 1. The van der Waals surface area contributed by atoms with Gasteiger partial charge in [0, 0.05) is 26.2 Å². The molecule has 0 radical (unpaired) electrons. The number of hydrogen-bond acceptors (Lipinski definition) is 5. The number of rotatable bonds is 4. The third kappa shape index (κ3) is 4.52. The summed E-state index contributed by atoms with van der Waals surface area (Å²) in [6.45, 7) is 4.63. The van der Waals surface area contributed by atoms with E-state index in [-0.39, 0.29) is 11.7 Å². The molecule has 1 N–H and O–H groups in total. The van der Waals surface area contributed by atoms with Crippen LogP contribution in [0.15, 0.2) is 42.6 Å². The Bertz CT molecular complexity index is 805. The molecule has 7 nitrogen and oxygen atoms in total. The minimum atomic E-state index is -0.578. The standard InChI is InChI=1S/C19H21FN4O3/c1-2-27-19(26)24-11-9-23(10-12-24)14-7-8-17(21-13-14)22-18(25)15-5-3-4-6-16(15)20/h3-8,13H,2,9-12H2,1H3,(H,21,22,25). The van der Waals surface area contributed by atoms with Gasteiger partial charge in [-0.2, -0.15) is 0 Å². The molecule has 1 aliphatic rings. The lowest BCUT2D eigenvalue weighted by Gasteiger charge is -2.35. The molecule has 2 heterocycles. The van der Waals surface area contributed by atoms with E-state index in [9.17, 15) is 14.0 Å². The van der Waals surface area contributed by atoms with E-state index in [2.05, 4.69) is 15.2 Å². The van der Waals surface area contributed by atoms with E-state index in [1.165, 1.54) is 18.2 Å². The van der Waals surface area contributed by atoms with E-state index in [1.54, 1.807) is 30.2 Å². The molecular weight excluding hydrogens is 351 g/mol. The Labute approximate surface area is 156 Å². The fraction of sp³-hybridized carbons (Fsp3) is 0.316. The Balaban J connectivity index is 1.57. The van der Waals surface area contributed by atoms with E-state index < -0.39 is 11.7 Å². The van der Waals surface area contributed by atoms with E-state index in [0.29, 0.717) is 38.6 Å². The first-order valence-electron chi connectivity index (χ1n) is 8.77. The average molecular weight is 372 g/mol. The minimum Gasteiger partial charge on any atom is -0.450 e. The van der Waals surface area contributed by atoms with Gasteiger partial charge in [-0.1, -0.05) is 12.1 Å². The number of pyridine rings is 1. The maximum atomic E-state index is 13.7. The van der Waals surface area contributed by atoms with Crippen LogP contribution in [-0.2, 0) is 4.74 Å². The highest BCUT2D eigenvalue weighted by atomic mass is 19.1. The quantitative estimate of drug-likeness (QED) is 0.893. The van der Waals surface area contributed by atoms with Crippen LogP contribution in [0.4, 0.5) is 20.7 Å². The Kier molecular flexibility index (Phi) is 5.85. The van der Waals surface area contributed by atoms with Gasteiger partial charge in [0.25, 0.3) is 5.91 Å². The molecule has 3 rings (SSSR count). The zero-order chi connectivity index (χ0) is 19.2. The SMILES string of the molecule is CCOC(=O)N1CCN(c2ccc(NC(=O)c3ccccc3F)nc2)CC1. The van der Waals surface area contributed by atoms with Gasteiger partial charge >= 0.3 is 6.09 Å². The van der Waals surface area contributed by atoms with Crippen LogP contribution in [0.3, 0.4) is 0 Å². The van der Waals surface area contributed by atoms with Crippen molar-refractivity contribution in [3.8, 4) is 0 Å². The van der Waals surface area contributed by atoms with Gasteiger partial charge in [-0.25, -0.2) is 14.2 Å². The van der Waals surface area contributed by atoms with Crippen LogP contribution in [0.2, 0.25) is 0 Å². The lowest BCUT2D eigenvalue weighted by molar-refractivity contribution is 0.102. The lowest BCUT2D eigenvalue weighted by atomic mass is 10.2. The first kappa shape index (κ1) is 18.6. The van der Waals surface area contributed by atoms with Crippen LogP contribution >= 0.6 is 0 Å². The van der Waals surface area contributed by atoms with Gasteiger partial charge in [-0.3, -0.25) is 4.79 Å². The molecule has 1 aliphatic heterocycles. The summed E-state index contributed by atoms with van der Waals surface area (Å²) in [5.74, 6) is -0.778. The summed E-state index contributed by atoms with van der Waals surface area (Å²) in [7, 11) is 0. The largest absolute Gasteiger partial charge is 0.450 e. The number of halogens is 1. The van der Waals surface area contributed by atoms with Gasteiger partial charge < -0.3 is 19.9 Å². The molecule has 1 saturated heterocycles. The molecule has 0 aliphatic carbocycles. The Morgan fingerprint density at radius 1 is 1.15 bits per heavy atom. The monoisotopic (exact) mass is 372 g/mol.